The summed E-state index contributed by atoms with van der Waals surface area (Å²) in [5, 5.41) is 3.51. The predicted octanol–water partition coefficient (Wildman–Crippen LogP) is 1.89. The molecule has 1 saturated carbocycles. The second kappa shape index (κ2) is 3.97. The van der Waals surface area contributed by atoms with E-state index in [1.807, 2.05) is 0 Å². The quantitative estimate of drug-likeness (QED) is 0.661. The molecule has 0 heterocycles. The van der Waals surface area contributed by atoms with Gasteiger partial charge in [0.1, 0.15) is 0 Å². The van der Waals surface area contributed by atoms with Crippen molar-refractivity contribution in [3.8, 4) is 0 Å². The topological polar surface area (TPSA) is 38.0 Å². The van der Waals surface area contributed by atoms with Crippen molar-refractivity contribution in [2.24, 2.45) is 11.1 Å². The molecule has 1 fully saturated rings. The molecule has 2 nitrogen and oxygen atoms in total. The molecule has 0 bridgehead atoms. The van der Waals surface area contributed by atoms with E-state index in [9.17, 15) is 0 Å². The molecule has 0 aromatic rings. The standard InChI is InChI=1S/C11H24N2/c1-4-11(12,5-2)9-13-8-10(3)6-7-10/h13H,4-9,12H2,1-3H3. The Labute approximate surface area is 82.3 Å². The largest absolute Gasteiger partial charge is 0.324 e. The van der Waals surface area contributed by atoms with E-state index in [-0.39, 0.29) is 5.54 Å². The minimum atomic E-state index is 0.0191. The number of rotatable bonds is 6. The summed E-state index contributed by atoms with van der Waals surface area (Å²) in [5.41, 5.74) is 6.80. The van der Waals surface area contributed by atoms with E-state index in [0.717, 1.165) is 25.9 Å². The Bertz CT molecular complexity index is 157. The molecule has 3 N–H and O–H groups in total. The summed E-state index contributed by atoms with van der Waals surface area (Å²) in [7, 11) is 0. The number of hydrogen-bond acceptors (Lipinski definition) is 2. The molecule has 0 saturated heterocycles. The van der Waals surface area contributed by atoms with Gasteiger partial charge >= 0.3 is 0 Å². The fourth-order valence-electron chi connectivity index (χ4n) is 1.50. The summed E-state index contributed by atoms with van der Waals surface area (Å²) in [4.78, 5) is 0. The molecular formula is C11H24N2. The highest BCUT2D eigenvalue weighted by atomic mass is 14.9. The highest BCUT2D eigenvalue weighted by Crippen LogP contribution is 2.44. The zero-order valence-corrected chi connectivity index (χ0v) is 9.32. The van der Waals surface area contributed by atoms with Crippen LogP contribution < -0.4 is 11.1 Å². The van der Waals surface area contributed by atoms with Crippen LogP contribution >= 0.6 is 0 Å². The summed E-state index contributed by atoms with van der Waals surface area (Å²) in [6, 6.07) is 0. The molecule has 0 spiro atoms. The van der Waals surface area contributed by atoms with Gasteiger partial charge in [-0.15, -0.1) is 0 Å². The molecule has 0 aliphatic heterocycles. The fourth-order valence-corrected chi connectivity index (χ4v) is 1.50. The van der Waals surface area contributed by atoms with Crippen LogP contribution in [0.1, 0.15) is 46.5 Å². The lowest BCUT2D eigenvalue weighted by atomic mass is 9.94. The Morgan fingerprint density at radius 3 is 2.23 bits per heavy atom. The minimum Gasteiger partial charge on any atom is -0.324 e. The number of nitrogens with one attached hydrogen (secondary N) is 1. The molecule has 0 atom stereocenters. The highest BCUT2D eigenvalue weighted by molar-refractivity contribution is 4.92. The van der Waals surface area contributed by atoms with Crippen molar-refractivity contribution in [3.63, 3.8) is 0 Å². The van der Waals surface area contributed by atoms with Gasteiger partial charge in [-0.25, -0.2) is 0 Å². The van der Waals surface area contributed by atoms with Crippen LogP contribution in [0, 0.1) is 5.41 Å². The minimum absolute atomic E-state index is 0.0191. The van der Waals surface area contributed by atoms with Crippen molar-refractivity contribution in [1.82, 2.24) is 5.32 Å². The van der Waals surface area contributed by atoms with Crippen molar-refractivity contribution >= 4 is 0 Å². The molecule has 1 rings (SSSR count). The molecule has 2 heteroatoms. The molecule has 13 heavy (non-hydrogen) atoms. The third-order valence-corrected chi connectivity index (χ3v) is 3.54. The molecule has 0 radical (unpaired) electrons. The van der Waals surface area contributed by atoms with Gasteiger partial charge in [-0.1, -0.05) is 20.8 Å². The Morgan fingerprint density at radius 1 is 1.31 bits per heavy atom. The van der Waals surface area contributed by atoms with Gasteiger partial charge in [-0.3, -0.25) is 0 Å². The van der Waals surface area contributed by atoms with Gasteiger partial charge < -0.3 is 11.1 Å². The summed E-state index contributed by atoms with van der Waals surface area (Å²) in [6.45, 7) is 8.80. The Kier molecular flexibility index (Phi) is 3.36. The summed E-state index contributed by atoms with van der Waals surface area (Å²) < 4.78 is 0. The van der Waals surface area contributed by atoms with Crippen LogP contribution in [0.25, 0.3) is 0 Å². The summed E-state index contributed by atoms with van der Waals surface area (Å²) in [6.07, 6.45) is 4.89. The molecule has 0 aromatic heterocycles. The molecule has 0 amide bonds. The molecule has 0 aromatic carbocycles. The van der Waals surface area contributed by atoms with Crippen LogP contribution in [0.15, 0.2) is 0 Å². The maximum Gasteiger partial charge on any atom is 0.0275 e. The van der Waals surface area contributed by atoms with Gasteiger partial charge in [-0.05, 0) is 31.1 Å². The first kappa shape index (κ1) is 11.0. The van der Waals surface area contributed by atoms with Gasteiger partial charge in [0.15, 0.2) is 0 Å². The first-order chi connectivity index (χ1) is 6.04. The van der Waals surface area contributed by atoms with Crippen molar-refractivity contribution in [2.45, 2.75) is 52.0 Å². The Hall–Kier alpha value is -0.0800. The van der Waals surface area contributed by atoms with E-state index in [0.29, 0.717) is 5.41 Å². The summed E-state index contributed by atoms with van der Waals surface area (Å²) in [5.74, 6) is 0. The normalized spacial score (nSPS) is 20.3. The fraction of sp³-hybridized carbons (Fsp3) is 1.00. The van der Waals surface area contributed by atoms with Crippen LogP contribution in [-0.2, 0) is 0 Å². The molecule has 1 aliphatic carbocycles. The second-order valence-corrected chi connectivity index (χ2v) is 4.98. The van der Waals surface area contributed by atoms with Crippen molar-refractivity contribution < 1.29 is 0 Å². The van der Waals surface area contributed by atoms with Crippen LogP contribution in [0.3, 0.4) is 0 Å². The maximum absolute atomic E-state index is 6.18. The average Bonchev–Trinajstić information content (AvgIpc) is 2.84. The van der Waals surface area contributed by atoms with Crippen LogP contribution in [-0.4, -0.2) is 18.6 Å². The molecular weight excluding hydrogens is 160 g/mol. The van der Waals surface area contributed by atoms with Crippen LogP contribution in [0.2, 0.25) is 0 Å². The lowest BCUT2D eigenvalue weighted by Gasteiger charge is -2.27. The van der Waals surface area contributed by atoms with E-state index in [2.05, 4.69) is 26.1 Å². The van der Waals surface area contributed by atoms with Gasteiger partial charge in [0, 0.05) is 18.6 Å². The maximum atomic E-state index is 6.18. The van der Waals surface area contributed by atoms with E-state index >= 15 is 0 Å². The van der Waals surface area contributed by atoms with E-state index < -0.39 is 0 Å². The zero-order chi connectivity index (χ0) is 9.95. The molecule has 0 unspecified atom stereocenters. The van der Waals surface area contributed by atoms with Crippen LogP contribution in [0.4, 0.5) is 0 Å². The molecule has 78 valence electrons. The van der Waals surface area contributed by atoms with Gasteiger partial charge in [0.2, 0.25) is 0 Å². The monoisotopic (exact) mass is 184 g/mol. The SMILES string of the molecule is CCC(N)(CC)CNCC1(C)CC1. The first-order valence-electron chi connectivity index (χ1n) is 5.53. The number of hydrogen-bond donors (Lipinski definition) is 2. The lowest BCUT2D eigenvalue weighted by Crippen LogP contribution is -2.48. The predicted molar refractivity (Wildman–Crippen MR) is 57.7 cm³/mol. The average molecular weight is 184 g/mol. The van der Waals surface area contributed by atoms with Crippen LogP contribution in [0.5, 0.6) is 0 Å². The summed E-state index contributed by atoms with van der Waals surface area (Å²) >= 11 is 0. The van der Waals surface area contributed by atoms with Gasteiger partial charge in [-0.2, -0.15) is 0 Å². The number of nitrogens with two attached hydrogens (primary N) is 1. The third kappa shape index (κ3) is 3.28. The Balaban J connectivity index is 2.16. The van der Waals surface area contributed by atoms with E-state index in [4.69, 9.17) is 5.73 Å². The first-order valence-corrected chi connectivity index (χ1v) is 5.53. The highest BCUT2D eigenvalue weighted by Gasteiger charge is 2.36. The van der Waals surface area contributed by atoms with Gasteiger partial charge in [0.05, 0.1) is 0 Å². The smallest absolute Gasteiger partial charge is 0.0275 e. The Morgan fingerprint density at radius 2 is 1.85 bits per heavy atom. The van der Waals surface area contributed by atoms with Crippen molar-refractivity contribution in [1.29, 1.82) is 0 Å². The third-order valence-electron chi connectivity index (χ3n) is 3.54. The molecule has 1 aliphatic rings. The van der Waals surface area contributed by atoms with E-state index in [1.54, 1.807) is 0 Å². The second-order valence-electron chi connectivity index (χ2n) is 4.98. The van der Waals surface area contributed by atoms with Crippen molar-refractivity contribution in [2.75, 3.05) is 13.1 Å². The van der Waals surface area contributed by atoms with Crippen molar-refractivity contribution in [3.05, 3.63) is 0 Å². The zero-order valence-electron chi connectivity index (χ0n) is 9.32. The van der Waals surface area contributed by atoms with Gasteiger partial charge in [0.25, 0.3) is 0 Å². The lowest BCUT2D eigenvalue weighted by molar-refractivity contribution is 0.353. The van der Waals surface area contributed by atoms with E-state index in [1.165, 1.54) is 12.8 Å².